The lowest BCUT2D eigenvalue weighted by molar-refractivity contribution is -0.919. The number of carbonyl (C=O) groups is 1. The summed E-state index contributed by atoms with van der Waals surface area (Å²) in [5, 5.41) is 0. The van der Waals surface area contributed by atoms with Gasteiger partial charge in [0, 0.05) is 37.4 Å². The summed E-state index contributed by atoms with van der Waals surface area (Å²) in [5.74, 6) is 2.35. The molecule has 1 amide bonds. The number of ether oxygens (including phenoxy) is 1. The zero-order valence-electron chi connectivity index (χ0n) is 18.2. The molecular weight excluding hydrogens is 372 g/mol. The summed E-state index contributed by atoms with van der Waals surface area (Å²) in [6, 6.07) is 18.8. The number of nitrogens with zero attached hydrogens (tertiary/aromatic N) is 1. The number of hydrogen-bond acceptors (Lipinski definition) is 2. The molecule has 2 aliphatic rings. The molecule has 2 aromatic rings. The van der Waals surface area contributed by atoms with Crippen LogP contribution in [-0.2, 0) is 17.9 Å². The number of benzene rings is 2. The topological polar surface area (TPSA) is 34.0 Å². The first-order valence-electron chi connectivity index (χ1n) is 11.6. The van der Waals surface area contributed by atoms with Crippen LogP contribution in [0.4, 0.5) is 0 Å². The van der Waals surface area contributed by atoms with Gasteiger partial charge in [-0.3, -0.25) is 4.79 Å². The third kappa shape index (κ3) is 5.63. The van der Waals surface area contributed by atoms with E-state index in [1.165, 1.54) is 24.0 Å². The summed E-state index contributed by atoms with van der Waals surface area (Å²) in [5.41, 5.74) is 2.49. The van der Waals surface area contributed by atoms with Gasteiger partial charge in [0.2, 0.25) is 5.91 Å². The molecule has 2 aromatic carbocycles. The highest BCUT2D eigenvalue weighted by Gasteiger charge is 2.31. The smallest absolute Gasteiger partial charge is 0.226 e. The van der Waals surface area contributed by atoms with Crippen molar-refractivity contribution in [1.29, 1.82) is 0 Å². The normalized spacial score (nSPS) is 22.6. The standard InChI is InChI=1S/C26H34N2O2/c1-21-10-16-28(17-11-21)26(29)24-12-14-27(15-13-24)19-23-8-5-9-25(18-23)30-20-22-6-3-2-4-7-22/h2-9,18,21,24H,10-17,19-20H2,1H3/p+1. The summed E-state index contributed by atoms with van der Waals surface area (Å²) in [6.07, 6.45) is 4.37. The van der Waals surface area contributed by atoms with E-state index >= 15 is 0 Å². The van der Waals surface area contributed by atoms with Gasteiger partial charge in [0.05, 0.1) is 13.1 Å². The minimum Gasteiger partial charge on any atom is -0.489 e. The Morgan fingerprint density at radius 2 is 1.67 bits per heavy atom. The van der Waals surface area contributed by atoms with Crippen LogP contribution in [0.15, 0.2) is 54.6 Å². The van der Waals surface area contributed by atoms with Gasteiger partial charge in [0.1, 0.15) is 18.9 Å². The number of piperidine rings is 2. The number of nitrogens with one attached hydrogen (secondary N) is 1. The van der Waals surface area contributed by atoms with E-state index < -0.39 is 0 Å². The summed E-state index contributed by atoms with van der Waals surface area (Å²) in [4.78, 5) is 16.6. The van der Waals surface area contributed by atoms with Crippen LogP contribution in [0.25, 0.3) is 0 Å². The van der Waals surface area contributed by atoms with Crippen LogP contribution in [0.2, 0.25) is 0 Å². The van der Waals surface area contributed by atoms with E-state index in [1.54, 1.807) is 4.90 Å². The Morgan fingerprint density at radius 1 is 0.967 bits per heavy atom. The van der Waals surface area contributed by atoms with Crippen molar-refractivity contribution in [2.75, 3.05) is 26.2 Å². The van der Waals surface area contributed by atoms with E-state index in [0.29, 0.717) is 12.5 Å². The minimum absolute atomic E-state index is 0.239. The summed E-state index contributed by atoms with van der Waals surface area (Å²) in [6.45, 7) is 7.98. The van der Waals surface area contributed by atoms with Crippen LogP contribution >= 0.6 is 0 Å². The zero-order valence-corrected chi connectivity index (χ0v) is 18.2. The maximum absolute atomic E-state index is 12.9. The van der Waals surface area contributed by atoms with Crippen molar-refractivity contribution in [3.8, 4) is 5.75 Å². The minimum atomic E-state index is 0.239. The van der Waals surface area contributed by atoms with E-state index in [-0.39, 0.29) is 5.92 Å². The molecule has 0 bridgehead atoms. The average Bonchev–Trinajstić information content (AvgIpc) is 2.79. The van der Waals surface area contributed by atoms with Crippen molar-refractivity contribution in [3.05, 3.63) is 65.7 Å². The van der Waals surface area contributed by atoms with E-state index in [4.69, 9.17) is 4.74 Å². The van der Waals surface area contributed by atoms with Crippen LogP contribution in [0, 0.1) is 11.8 Å². The van der Waals surface area contributed by atoms with Crippen molar-refractivity contribution in [3.63, 3.8) is 0 Å². The van der Waals surface area contributed by atoms with Gasteiger partial charge in [0.15, 0.2) is 0 Å². The number of amides is 1. The maximum Gasteiger partial charge on any atom is 0.226 e. The third-order valence-electron chi connectivity index (χ3n) is 6.74. The molecule has 2 saturated heterocycles. The van der Waals surface area contributed by atoms with Crippen LogP contribution in [0.5, 0.6) is 5.75 Å². The molecule has 0 radical (unpaired) electrons. The highest BCUT2D eigenvalue weighted by molar-refractivity contribution is 5.79. The molecule has 0 unspecified atom stereocenters. The Labute approximate surface area is 180 Å². The van der Waals surface area contributed by atoms with Crippen molar-refractivity contribution >= 4 is 5.91 Å². The molecule has 0 aromatic heterocycles. The number of rotatable bonds is 6. The molecule has 0 atom stereocenters. The largest absolute Gasteiger partial charge is 0.489 e. The fourth-order valence-electron chi connectivity index (χ4n) is 4.71. The van der Waals surface area contributed by atoms with Gasteiger partial charge in [-0.1, -0.05) is 49.4 Å². The first kappa shape index (κ1) is 20.9. The molecule has 4 nitrogen and oxygen atoms in total. The average molecular weight is 408 g/mol. The van der Waals surface area contributed by atoms with Gasteiger partial charge < -0.3 is 14.5 Å². The van der Waals surface area contributed by atoms with Crippen LogP contribution in [-0.4, -0.2) is 37.0 Å². The van der Waals surface area contributed by atoms with Gasteiger partial charge in [-0.25, -0.2) is 0 Å². The SMILES string of the molecule is CC1CCN(C(=O)C2CC[NH+](Cc3cccc(OCc4ccccc4)c3)CC2)CC1. The fourth-order valence-corrected chi connectivity index (χ4v) is 4.71. The van der Waals surface area contributed by atoms with E-state index in [2.05, 4.69) is 42.2 Å². The van der Waals surface area contributed by atoms with E-state index in [1.807, 2.05) is 24.3 Å². The third-order valence-corrected chi connectivity index (χ3v) is 6.74. The van der Waals surface area contributed by atoms with Crippen LogP contribution in [0.1, 0.15) is 43.7 Å². The lowest BCUT2D eigenvalue weighted by Gasteiger charge is -2.35. The molecule has 0 aliphatic carbocycles. The predicted molar refractivity (Wildman–Crippen MR) is 119 cm³/mol. The number of likely N-dealkylation sites (tertiary alicyclic amines) is 2. The van der Waals surface area contributed by atoms with Gasteiger partial charge >= 0.3 is 0 Å². The van der Waals surface area contributed by atoms with Crippen molar-refractivity contribution in [1.82, 2.24) is 4.90 Å². The molecule has 30 heavy (non-hydrogen) atoms. The summed E-state index contributed by atoms with van der Waals surface area (Å²) in [7, 11) is 0. The zero-order chi connectivity index (χ0) is 20.8. The molecular formula is C26H35N2O2+. The maximum atomic E-state index is 12.9. The Hall–Kier alpha value is -2.33. The number of hydrogen-bond donors (Lipinski definition) is 1. The summed E-state index contributed by atoms with van der Waals surface area (Å²) < 4.78 is 5.99. The van der Waals surface area contributed by atoms with E-state index in [0.717, 1.165) is 57.2 Å². The van der Waals surface area contributed by atoms with Crippen molar-refractivity contribution in [2.45, 2.75) is 45.8 Å². The molecule has 1 N–H and O–H groups in total. The molecule has 4 rings (SSSR count). The molecule has 2 aliphatic heterocycles. The predicted octanol–water partition coefficient (Wildman–Crippen LogP) is 3.32. The first-order chi connectivity index (χ1) is 14.7. The second-order valence-corrected chi connectivity index (χ2v) is 9.13. The molecule has 4 heteroatoms. The van der Waals surface area contributed by atoms with Gasteiger partial charge in [0.25, 0.3) is 0 Å². The number of carbonyl (C=O) groups excluding carboxylic acids is 1. The van der Waals surface area contributed by atoms with Crippen LogP contribution in [0.3, 0.4) is 0 Å². The lowest BCUT2D eigenvalue weighted by Crippen LogP contribution is -3.11. The van der Waals surface area contributed by atoms with Crippen molar-refractivity contribution < 1.29 is 14.4 Å². The Kier molecular flexibility index (Phi) is 7.06. The van der Waals surface area contributed by atoms with Gasteiger partial charge in [-0.05, 0) is 36.5 Å². The highest BCUT2D eigenvalue weighted by atomic mass is 16.5. The van der Waals surface area contributed by atoms with Gasteiger partial charge in [-0.15, -0.1) is 0 Å². The van der Waals surface area contributed by atoms with Crippen LogP contribution < -0.4 is 9.64 Å². The van der Waals surface area contributed by atoms with Gasteiger partial charge in [-0.2, -0.15) is 0 Å². The molecule has 2 heterocycles. The summed E-state index contributed by atoms with van der Waals surface area (Å²) >= 11 is 0. The second kappa shape index (κ2) is 10.1. The molecule has 160 valence electrons. The molecule has 0 spiro atoms. The highest BCUT2D eigenvalue weighted by Crippen LogP contribution is 2.21. The molecule has 0 saturated carbocycles. The molecule has 2 fully saturated rings. The van der Waals surface area contributed by atoms with E-state index in [9.17, 15) is 4.79 Å². The lowest BCUT2D eigenvalue weighted by atomic mass is 9.92. The quantitative estimate of drug-likeness (QED) is 0.797. The second-order valence-electron chi connectivity index (χ2n) is 9.13. The fraction of sp³-hybridized carbons (Fsp3) is 0.500. The van der Waals surface area contributed by atoms with Crippen molar-refractivity contribution in [2.24, 2.45) is 11.8 Å². The Morgan fingerprint density at radius 3 is 2.40 bits per heavy atom. The monoisotopic (exact) mass is 407 g/mol. The Bertz CT molecular complexity index is 807. The number of quaternary nitrogens is 1. The Balaban J connectivity index is 1.24. The first-order valence-corrected chi connectivity index (χ1v) is 11.6.